The maximum atomic E-state index is 9.98. The Labute approximate surface area is 65.7 Å². The van der Waals surface area contributed by atoms with Crippen molar-refractivity contribution in [3.63, 3.8) is 0 Å². The molecule has 0 saturated heterocycles. The molecule has 0 bridgehead atoms. The van der Waals surface area contributed by atoms with Crippen molar-refractivity contribution in [2.45, 2.75) is 6.42 Å². The first-order valence-electron chi connectivity index (χ1n) is 3.33. The van der Waals surface area contributed by atoms with Gasteiger partial charge in [-0.15, -0.1) is 6.58 Å². The second-order valence-electron chi connectivity index (χ2n) is 2.15. The summed E-state index contributed by atoms with van der Waals surface area (Å²) >= 11 is 0. The molecule has 0 saturated carbocycles. The fourth-order valence-corrected chi connectivity index (χ4v) is 0.589. The van der Waals surface area contributed by atoms with Crippen LogP contribution in [0.5, 0.6) is 0 Å². The van der Waals surface area contributed by atoms with E-state index in [1.807, 2.05) is 0 Å². The predicted molar refractivity (Wildman–Crippen MR) is 42.2 cm³/mol. The number of aliphatic hydroxyl groups excluding tert-OH is 1. The van der Waals surface area contributed by atoms with Crippen molar-refractivity contribution in [1.29, 1.82) is 0 Å². The van der Waals surface area contributed by atoms with Crippen LogP contribution in [0.3, 0.4) is 0 Å². The topological polar surface area (TPSA) is 57.5 Å². The first-order valence-corrected chi connectivity index (χ1v) is 3.33. The van der Waals surface area contributed by atoms with Crippen LogP contribution in [0.2, 0.25) is 0 Å². The second-order valence-corrected chi connectivity index (χ2v) is 2.15. The summed E-state index contributed by atoms with van der Waals surface area (Å²) in [5.41, 5.74) is 0. The van der Waals surface area contributed by atoms with Crippen molar-refractivity contribution >= 4 is 5.97 Å². The van der Waals surface area contributed by atoms with Gasteiger partial charge in [0, 0.05) is 18.6 Å². The normalized spacial score (nSPS) is 13.2. The van der Waals surface area contributed by atoms with Gasteiger partial charge in [-0.05, 0) is 6.42 Å². The standard InChI is InChI=1S/C8H12O3/c1-2-7(6-9)4-3-5-8(10)11/h2-3,5,7,9H,1,4,6H2,(H,10,11)/b5-3+. The van der Waals surface area contributed by atoms with Gasteiger partial charge in [0.2, 0.25) is 0 Å². The fourth-order valence-electron chi connectivity index (χ4n) is 0.589. The molecule has 0 spiro atoms. The van der Waals surface area contributed by atoms with Gasteiger partial charge in [-0.25, -0.2) is 4.79 Å². The third-order valence-corrected chi connectivity index (χ3v) is 1.27. The van der Waals surface area contributed by atoms with Gasteiger partial charge in [0.25, 0.3) is 0 Å². The zero-order valence-corrected chi connectivity index (χ0v) is 6.23. The Bertz CT molecular complexity index is 161. The minimum atomic E-state index is -0.967. The van der Waals surface area contributed by atoms with Crippen LogP contribution in [0.4, 0.5) is 0 Å². The van der Waals surface area contributed by atoms with Crippen LogP contribution < -0.4 is 0 Å². The predicted octanol–water partition coefficient (Wildman–Crippen LogP) is 0.812. The molecule has 0 aliphatic heterocycles. The first kappa shape index (κ1) is 9.91. The van der Waals surface area contributed by atoms with Gasteiger partial charge >= 0.3 is 5.97 Å². The lowest BCUT2D eigenvalue weighted by atomic mass is 10.1. The van der Waals surface area contributed by atoms with Gasteiger partial charge < -0.3 is 10.2 Å². The van der Waals surface area contributed by atoms with Crippen LogP contribution in [0.25, 0.3) is 0 Å². The molecular weight excluding hydrogens is 144 g/mol. The third kappa shape index (κ3) is 5.36. The van der Waals surface area contributed by atoms with Crippen LogP contribution in [0, 0.1) is 5.92 Å². The Balaban J connectivity index is 3.66. The largest absolute Gasteiger partial charge is 0.478 e. The highest BCUT2D eigenvalue weighted by Crippen LogP contribution is 2.03. The summed E-state index contributed by atoms with van der Waals surface area (Å²) in [5.74, 6) is -1.00. The zero-order chi connectivity index (χ0) is 8.69. The van der Waals surface area contributed by atoms with E-state index in [4.69, 9.17) is 10.2 Å². The third-order valence-electron chi connectivity index (χ3n) is 1.27. The van der Waals surface area contributed by atoms with Gasteiger partial charge in [-0.2, -0.15) is 0 Å². The summed E-state index contributed by atoms with van der Waals surface area (Å²) in [7, 11) is 0. The highest BCUT2D eigenvalue weighted by atomic mass is 16.4. The Morgan fingerprint density at radius 2 is 2.27 bits per heavy atom. The maximum absolute atomic E-state index is 9.98. The van der Waals surface area contributed by atoms with Crippen LogP contribution in [0.15, 0.2) is 24.8 Å². The summed E-state index contributed by atoms with van der Waals surface area (Å²) in [6.45, 7) is 3.50. The van der Waals surface area contributed by atoms with Gasteiger partial charge in [0.15, 0.2) is 0 Å². The average molecular weight is 156 g/mol. The summed E-state index contributed by atoms with van der Waals surface area (Å²) in [5, 5.41) is 16.8. The van der Waals surface area contributed by atoms with Crippen LogP contribution in [-0.4, -0.2) is 22.8 Å². The number of carbonyl (C=O) groups is 1. The fraction of sp³-hybridized carbons (Fsp3) is 0.375. The minimum Gasteiger partial charge on any atom is -0.478 e. The SMILES string of the molecule is C=CC(CO)C/C=C/C(=O)O. The molecule has 1 atom stereocenters. The van der Waals surface area contributed by atoms with E-state index in [0.29, 0.717) is 6.42 Å². The van der Waals surface area contributed by atoms with E-state index in [1.54, 1.807) is 6.08 Å². The van der Waals surface area contributed by atoms with E-state index >= 15 is 0 Å². The quantitative estimate of drug-likeness (QED) is 0.457. The molecular formula is C8H12O3. The molecule has 2 N–H and O–H groups in total. The zero-order valence-electron chi connectivity index (χ0n) is 6.23. The van der Waals surface area contributed by atoms with Gasteiger partial charge in [0.1, 0.15) is 0 Å². The van der Waals surface area contributed by atoms with E-state index in [0.717, 1.165) is 6.08 Å². The summed E-state index contributed by atoms with van der Waals surface area (Å²) in [6.07, 6.45) is 4.69. The van der Waals surface area contributed by atoms with E-state index in [2.05, 4.69) is 6.58 Å². The summed E-state index contributed by atoms with van der Waals surface area (Å²) < 4.78 is 0. The minimum absolute atomic E-state index is 0.00740. The van der Waals surface area contributed by atoms with Crippen molar-refractivity contribution in [1.82, 2.24) is 0 Å². The number of hydrogen-bond donors (Lipinski definition) is 2. The smallest absolute Gasteiger partial charge is 0.327 e. The molecule has 3 nitrogen and oxygen atoms in total. The maximum Gasteiger partial charge on any atom is 0.327 e. The first-order chi connectivity index (χ1) is 5.20. The molecule has 11 heavy (non-hydrogen) atoms. The number of hydrogen-bond acceptors (Lipinski definition) is 2. The molecule has 1 unspecified atom stereocenters. The van der Waals surface area contributed by atoms with Crippen molar-refractivity contribution < 1.29 is 15.0 Å². The van der Waals surface area contributed by atoms with Gasteiger partial charge in [-0.3, -0.25) is 0 Å². The monoisotopic (exact) mass is 156 g/mol. The van der Waals surface area contributed by atoms with Crippen molar-refractivity contribution in [2.75, 3.05) is 6.61 Å². The Morgan fingerprint density at radius 1 is 1.64 bits per heavy atom. The van der Waals surface area contributed by atoms with Crippen molar-refractivity contribution in [3.8, 4) is 0 Å². The lowest BCUT2D eigenvalue weighted by Gasteiger charge is -2.02. The second kappa shape index (κ2) is 5.68. The Hall–Kier alpha value is -1.09. The molecule has 0 aromatic heterocycles. The number of carboxylic acid groups (broad SMARTS) is 1. The van der Waals surface area contributed by atoms with Crippen LogP contribution >= 0.6 is 0 Å². The lowest BCUT2D eigenvalue weighted by Crippen LogP contribution is -2.00. The van der Waals surface area contributed by atoms with Gasteiger partial charge in [-0.1, -0.05) is 12.2 Å². The van der Waals surface area contributed by atoms with Crippen LogP contribution in [-0.2, 0) is 4.79 Å². The molecule has 0 amide bonds. The van der Waals surface area contributed by atoms with Crippen molar-refractivity contribution in [2.24, 2.45) is 5.92 Å². The molecule has 0 aliphatic carbocycles. The molecule has 0 radical (unpaired) electrons. The Morgan fingerprint density at radius 3 is 2.64 bits per heavy atom. The molecule has 62 valence electrons. The van der Waals surface area contributed by atoms with E-state index in [9.17, 15) is 4.79 Å². The summed E-state index contributed by atoms with van der Waals surface area (Å²) in [4.78, 5) is 9.98. The molecule has 0 aliphatic rings. The number of rotatable bonds is 5. The highest BCUT2D eigenvalue weighted by Gasteiger charge is 1.97. The van der Waals surface area contributed by atoms with E-state index < -0.39 is 5.97 Å². The lowest BCUT2D eigenvalue weighted by molar-refractivity contribution is -0.131. The van der Waals surface area contributed by atoms with Gasteiger partial charge in [0.05, 0.1) is 0 Å². The number of aliphatic hydroxyl groups is 1. The molecule has 0 heterocycles. The molecule has 0 aromatic carbocycles. The number of carboxylic acids is 1. The molecule has 0 fully saturated rings. The molecule has 0 aromatic rings. The highest BCUT2D eigenvalue weighted by molar-refractivity contribution is 5.79. The number of aliphatic carboxylic acids is 1. The van der Waals surface area contributed by atoms with E-state index in [1.165, 1.54) is 6.08 Å². The molecule has 3 heteroatoms. The van der Waals surface area contributed by atoms with Crippen molar-refractivity contribution in [3.05, 3.63) is 24.8 Å². The average Bonchev–Trinajstić information content (AvgIpc) is 1.98. The number of allylic oxidation sites excluding steroid dienone is 1. The Kier molecular flexibility index (Phi) is 5.11. The summed E-state index contributed by atoms with van der Waals surface area (Å²) in [6, 6.07) is 0. The molecule has 0 rings (SSSR count). The van der Waals surface area contributed by atoms with Crippen LogP contribution in [0.1, 0.15) is 6.42 Å². The van der Waals surface area contributed by atoms with E-state index in [-0.39, 0.29) is 12.5 Å².